The van der Waals surface area contributed by atoms with Gasteiger partial charge in [0.05, 0.1) is 40.5 Å². The Hall–Kier alpha value is -3.62. The van der Waals surface area contributed by atoms with E-state index in [-0.39, 0.29) is 31.2 Å². The second-order valence-electron chi connectivity index (χ2n) is 12.1. The fraction of sp³-hybridized carbons (Fsp3) is 0.548. The first-order valence-corrected chi connectivity index (χ1v) is 15.7. The summed E-state index contributed by atoms with van der Waals surface area (Å²) >= 11 is 3.63. The Morgan fingerprint density at radius 2 is 1.98 bits per heavy atom. The summed E-state index contributed by atoms with van der Waals surface area (Å²) in [6, 6.07) is 4.99. The molecule has 1 N–H and O–H groups in total. The molecular weight excluding hydrogens is 648 g/mol. The quantitative estimate of drug-likeness (QED) is 0.321. The molecular formula is C31H41BrN6O7. The zero-order chi connectivity index (χ0) is 32.3. The highest BCUT2D eigenvalue weighted by Gasteiger charge is 2.41. The molecule has 2 aliphatic rings. The number of imidazole rings is 1. The predicted molar refractivity (Wildman–Crippen MR) is 170 cm³/mol. The zero-order valence-corrected chi connectivity index (χ0v) is 28.1. The molecule has 2 aromatic heterocycles. The molecule has 5 rings (SSSR count). The third-order valence-corrected chi connectivity index (χ3v) is 8.52. The molecule has 0 saturated carbocycles. The smallest absolute Gasteiger partial charge is 0.410 e. The maximum absolute atomic E-state index is 13.5. The van der Waals surface area contributed by atoms with E-state index in [2.05, 4.69) is 31.1 Å². The van der Waals surface area contributed by atoms with Gasteiger partial charge in [-0.1, -0.05) is 0 Å². The Bertz CT molecular complexity index is 1530. The van der Waals surface area contributed by atoms with Gasteiger partial charge in [0.25, 0.3) is 0 Å². The van der Waals surface area contributed by atoms with Crippen molar-refractivity contribution in [2.45, 2.75) is 63.9 Å². The summed E-state index contributed by atoms with van der Waals surface area (Å²) in [6.45, 7) is 7.64. The minimum atomic E-state index is -0.681. The van der Waals surface area contributed by atoms with Gasteiger partial charge in [-0.3, -0.25) is 19.0 Å². The first-order valence-electron chi connectivity index (χ1n) is 14.9. The van der Waals surface area contributed by atoms with Crippen LogP contribution in [0.2, 0.25) is 0 Å². The molecule has 3 atom stereocenters. The largest absolute Gasteiger partial charge is 0.497 e. The Labute approximate surface area is 271 Å². The number of amides is 1. The van der Waals surface area contributed by atoms with Gasteiger partial charge >= 0.3 is 12.1 Å². The summed E-state index contributed by atoms with van der Waals surface area (Å²) in [4.78, 5) is 39.1. The number of halogens is 1. The molecule has 4 heterocycles. The number of ether oxygens (including phenoxy) is 5. The first kappa shape index (κ1) is 32.8. The molecule has 2 aliphatic heterocycles. The summed E-state index contributed by atoms with van der Waals surface area (Å²) in [5.41, 5.74) is 0.979. The topological polar surface area (TPSA) is 129 Å². The van der Waals surface area contributed by atoms with Crippen molar-refractivity contribution >= 4 is 39.3 Å². The second kappa shape index (κ2) is 13.8. The van der Waals surface area contributed by atoms with Crippen LogP contribution in [0.15, 0.2) is 35.2 Å². The van der Waals surface area contributed by atoms with Crippen molar-refractivity contribution in [3.05, 3.63) is 46.6 Å². The van der Waals surface area contributed by atoms with E-state index < -0.39 is 17.8 Å². The number of hydrogen-bond donors (Lipinski definition) is 1. The molecule has 244 valence electrons. The Kier molecular flexibility index (Phi) is 10.0. The standard InChI is InChI=1S/C31H41BrN6O7/c1-31(2,3)45-30(40)38-17-24(44-18-20(38)16-36-12-7-8-22(36)29(39)43-6)28-35-26(32)25-27(33-11-13-37(25)28)34-15-19-9-10-21(41-4)14-23(19)42-5/h9-11,13-14,20,22,24H,7-8,12,15-18H2,1-6H3,(H,33,34)/t20-,22?,24-/m1/s1. The average molecular weight is 690 g/mol. The molecule has 2 saturated heterocycles. The van der Waals surface area contributed by atoms with E-state index in [1.807, 2.05) is 49.6 Å². The lowest BCUT2D eigenvalue weighted by Crippen LogP contribution is -2.56. The van der Waals surface area contributed by atoms with Gasteiger partial charge in [-0.15, -0.1) is 0 Å². The summed E-state index contributed by atoms with van der Waals surface area (Å²) in [7, 11) is 4.64. The van der Waals surface area contributed by atoms with Crippen LogP contribution in [0.5, 0.6) is 11.5 Å². The molecule has 3 aromatic rings. The van der Waals surface area contributed by atoms with E-state index in [1.54, 1.807) is 25.3 Å². The van der Waals surface area contributed by atoms with E-state index in [0.717, 1.165) is 30.5 Å². The number of aromatic nitrogens is 3. The molecule has 1 aromatic carbocycles. The van der Waals surface area contributed by atoms with E-state index in [9.17, 15) is 9.59 Å². The van der Waals surface area contributed by atoms with Crippen molar-refractivity contribution in [2.75, 3.05) is 52.9 Å². The molecule has 1 unspecified atom stereocenters. The van der Waals surface area contributed by atoms with Crippen molar-refractivity contribution in [3.63, 3.8) is 0 Å². The van der Waals surface area contributed by atoms with Crippen molar-refractivity contribution in [2.24, 2.45) is 0 Å². The molecule has 1 amide bonds. The number of benzene rings is 1. The van der Waals surface area contributed by atoms with Crippen molar-refractivity contribution in [1.29, 1.82) is 0 Å². The van der Waals surface area contributed by atoms with Gasteiger partial charge < -0.3 is 29.0 Å². The van der Waals surface area contributed by atoms with Crippen LogP contribution >= 0.6 is 15.9 Å². The number of carbonyl (C=O) groups excluding carboxylic acids is 2. The monoisotopic (exact) mass is 688 g/mol. The first-order chi connectivity index (χ1) is 21.5. The number of methoxy groups -OCH3 is 3. The van der Waals surface area contributed by atoms with Gasteiger partial charge in [0, 0.05) is 37.1 Å². The Morgan fingerprint density at radius 1 is 1.18 bits per heavy atom. The number of carbonyl (C=O) groups is 2. The molecule has 0 aliphatic carbocycles. The van der Waals surface area contributed by atoms with Crippen LogP contribution in [0.3, 0.4) is 0 Å². The molecule has 13 nitrogen and oxygen atoms in total. The van der Waals surface area contributed by atoms with Crippen LogP contribution < -0.4 is 14.8 Å². The van der Waals surface area contributed by atoms with E-state index in [1.165, 1.54) is 7.11 Å². The minimum absolute atomic E-state index is 0.218. The number of hydrogen-bond acceptors (Lipinski definition) is 11. The van der Waals surface area contributed by atoms with Gasteiger partial charge in [-0.05, 0) is 68.2 Å². The summed E-state index contributed by atoms with van der Waals surface area (Å²) in [5.74, 6) is 2.37. The third-order valence-electron chi connectivity index (χ3n) is 7.97. The van der Waals surface area contributed by atoms with E-state index in [0.29, 0.717) is 40.8 Å². The van der Waals surface area contributed by atoms with Crippen molar-refractivity contribution in [1.82, 2.24) is 24.2 Å². The second-order valence-corrected chi connectivity index (χ2v) is 12.8. The normalized spacial score (nSPS) is 20.7. The number of rotatable bonds is 9. The van der Waals surface area contributed by atoms with E-state index >= 15 is 0 Å². The Morgan fingerprint density at radius 3 is 2.69 bits per heavy atom. The average Bonchev–Trinajstić information content (AvgIpc) is 3.63. The number of nitrogens with one attached hydrogen (secondary N) is 1. The van der Waals surface area contributed by atoms with Crippen molar-refractivity contribution < 1.29 is 33.3 Å². The highest BCUT2D eigenvalue weighted by molar-refractivity contribution is 9.10. The molecule has 45 heavy (non-hydrogen) atoms. The minimum Gasteiger partial charge on any atom is -0.497 e. The Balaban J connectivity index is 1.39. The molecule has 0 bridgehead atoms. The van der Waals surface area contributed by atoms with Crippen LogP contribution in [-0.4, -0.2) is 101 Å². The number of morpholine rings is 1. The summed E-state index contributed by atoms with van der Waals surface area (Å²) < 4.78 is 30.6. The molecule has 2 fully saturated rings. The number of likely N-dealkylation sites (tertiary alicyclic amines) is 1. The van der Waals surface area contributed by atoms with Crippen LogP contribution in [0.4, 0.5) is 10.6 Å². The highest BCUT2D eigenvalue weighted by atomic mass is 79.9. The maximum atomic E-state index is 13.5. The van der Waals surface area contributed by atoms with Gasteiger partial charge in [-0.2, -0.15) is 0 Å². The number of nitrogens with zero attached hydrogens (tertiary/aromatic N) is 5. The van der Waals surface area contributed by atoms with Crippen LogP contribution in [-0.2, 0) is 25.5 Å². The fourth-order valence-corrected chi connectivity index (χ4v) is 6.38. The lowest BCUT2D eigenvalue weighted by atomic mass is 10.1. The lowest BCUT2D eigenvalue weighted by molar-refractivity contribution is -0.146. The fourth-order valence-electron chi connectivity index (χ4n) is 5.82. The number of anilines is 1. The third kappa shape index (κ3) is 7.28. The van der Waals surface area contributed by atoms with Crippen LogP contribution in [0.25, 0.3) is 5.52 Å². The molecule has 0 spiro atoms. The molecule has 0 radical (unpaired) electrons. The molecule has 14 heteroatoms. The summed E-state index contributed by atoms with van der Waals surface area (Å²) in [6.07, 6.45) is 4.13. The predicted octanol–water partition coefficient (Wildman–Crippen LogP) is 4.44. The lowest BCUT2D eigenvalue weighted by Gasteiger charge is -2.41. The summed E-state index contributed by atoms with van der Waals surface area (Å²) in [5, 5.41) is 3.40. The highest BCUT2D eigenvalue weighted by Crippen LogP contribution is 2.33. The van der Waals surface area contributed by atoms with Gasteiger partial charge in [-0.25, -0.2) is 14.8 Å². The van der Waals surface area contributed by atoms with Gasteiger partial charge in [0.15, 0.2) is 5.82 Å². The van der Waals surface area contributed by atoms with Gasteiger partial charge in [0.1, 0.15) is 45.2 Å². The van der Waals surface area contributed by atoms with Gasteiger partial charge in [0.2, 0.25) is 0 Å². The van der Waals surface area contributed by atoms with Crippen LogP contribution in [0.1, 0.15) is 51.1 Å². The maximum Gasteiger partial charge on any atom is 0.410 e. The number of esters is 1. The number of fused-ring (bicyclic) bond motifs is 1. The van der Waals surface area contributed by atoms with E-state index in [4.69, 9.17) is 28.7 Å². The zero-order valence-electron chi connectivity index (χ0n) is 26.5. The SMILES string of the molecule is COC(=O)C1CCCN1C[C@@H]1CO[C@@H](c2nc(Br)c3c(NCc4ccc(OC)cc4OC)nccn23)CN1C(=O)OC(C)(C)C. The van der Waals surface area contributed by atoms with Crippen molar-refractivity contribution in [3.8, 4) is 11.5 Å². The van der Waals surface area contributed by atoms with Crippen LogP contribution in [0, 0.1) is 0 Å².